The molecule has 4 nitrogen and oxygen atoms in total. The predicted octanol–water partition coefficient (Wildman–Crippen LogP) is 2.70. The van der Waals surface area contributed by atoms with E-state index in [1.807, 2.05) is 23.1 Å². The number of nitrogens with zero attached hydrogens (tertiary/aromatic N) is 1. The molecule has 0 saturated carbocycles. The minimum Gasteiger partial charge on any atom is -0.338 e. The Bertz CT molecular complexity index is 742. The average Bonchev–Trinajstić information content (AvgIpc) is 3.06. The summed E-state index contributed by atoms with van der Waals surface area (Å²) in [6.45, 7) is 3.29. The lowest BCUT2D eigenvalue weighted by Gasteiger charge is -2.18. The van der Waals surface area contributed by atoms with E-state index in [2.05, 4.69) is 12.1 Å². The molecule has 3 rings (SSSR count). The molecule has 0 bridgehead atoms. The van der Waals surface area contributed by atoms with E-state index in [0.717, 1.165) is 0 Å². The van der Waals surface area contributed by atoms with E-state index in [4.69, 9.17) is 5.73 Å². The van der Waals surface area contributed by atoms with Gasteiger partial charge >= 0.3 is 0 Å². The molecular weight excluding hydrogens is 300 g/mol. The Kier molecular flexibility index (Phi) is 4.76. The molecule has 1 fully saturated rings. The number of ketones is 1. The van der Waals surface area contributed by atoms with E-state index in [1.54, 1.807) is 24.3 Å². The number of amides is 1. The summed E-state index contributed by atoms with van der Waals surface area (Å²) in [6, 6.07) is 17.2. The van der Waals surface area contributed by atoms with Crippen molar-refractivity contribution in [2.45, 2.75) is 12.8 Å². The van der Waals surface area contributed by atoms with Gasteiger partial charge in [0.1, 0.15) is 0 Å². The number of benzene rings is 2. The van der Waals surface area contributed by atoms with Crippen LogP contribution in [0.2, 0.25) is 0 Å². The van der Waals surface area contributed by atoms with E-state index in [9.17, 15) is 9.59 Å². The van der Waals surface area contributed by atoms with Gasteiger partial charge in [0.15, 0.2) is 5.78 Å². The fourth-order valence-electron chi connectivity index (χ4n) is 3.50. The maximum Gasteiger partial charge on any atom is 0.254 e. The molecule has 1 heterocycles. The first-order valence-electron chi connectivity index (χ1n) is 8.26. The van der Waals surface area contributed by atoms with Crippen LogP contribution in [0.25, 0.3) is 0 Å². The van der Waals surface area contributed by atoms with Crippen LogP contribution in [0, 0.1) is 5.92 Å². The number of nitrogens with two attached hydrogens (primary N) is 1. The van der Waals surface area contributed by atoms with Crippen molar-refractivity contribution in [1.82, 2.24) is 4.90 Å². The third kappa shape index (κ3) is 3.10. The number of carbonyl (C=O) groups is 2. The molecule has 4 heteroatoms. The van der Waals surface area contributed by atoms with Crippen LogP contribution in [0.15, 0.2) is 54.6 Å². The highest BCUT2D eigenvalue weighted by Gasteiger charge is 2.36. The van der Waals surface area contributed by atoms with Crippen molar-refractivity contribution >= 4 is 11.7 Å². The van der Waals surface area contributed by atoms with Crippen molar-refractivity contribution < 1.29 is 9.59 Å². The molecule has 2 aromatic carbocycles. The molecule has 0 unspecified atom stereocenters. The van der Waals surface area contributed by atoms with Gasteiger partial charge in [0, 0.05) is 24.6 Å². The highest BCUT2D eigenvalue weighted by Crippen LogP contribution is 2.33. The second-order valence-electron chi connectivity index (χ2n) is 6.32. The van der Waals surface area contributed by atoms with E-state index in [0.29, 0.717) is 30.8 Å². The SMILES string of the molecule is CC(=O)c1ccccc1C(=O)N1C[C@@H](CN)[C@H](c2ccccc2)C1. The number of carbonyl (C=O) groups excluding carboxylic acids is 2. The monoisotopic (exact) mass is 322 g/mol. The van der Waals surface area contributed by atoms with Crippen LogP contribution < -0.4 is 5.73 Å². The summed E-state index contributed by atoms with van der Waals surface area (Å²) >= 11 is 0. The van der Waals surface area contributed by atoms with E-state index < -0.39 is 0 Å². The first-order chi connectivity index (χ1) is 11.6. The molecule has 0 spiro atoms. The van der Waals surface area contributed by atoms with Crippen LogP contribution in [0.1, 0.15) is 39.1 Å². The minimum absolute atomic E-state index is 0.0855. The molecule has 24 heavy (non-hydrogen) atoms. The van der Waals surface area contributed by atoms with Gasteiger partial charge in [-0.3, -0.25) is 9.59 Å². The largest absolute Gasteiger partial charge is 0.338 e. The first kappa shape index (κ1) is 16.4. The maximum absolute atomic E-state index is 12.9. The third-order valence-electron chi connectivity index (χ3n) is 4.80. The molecule has 0 radical (unpaired) electrons. The zero-order chi connectivity index (χ0) is 17.1. The zero-order valence-corrected chi connectivity index (χ0v) is 13.8. The molecule has 2 atom stereocenters. The Balaban J connectivity index is 1.86. The average molecular weight is 322 g/mol. The van der Waals surface area contributed by atoms with Gasteiger partial charge in [-0.1, -0.05) is 48.5 Å². The molecule has 0 aliphatic carbocycles. The minimum atomic E-state index is -0.0897. The van der Waals surface area contributed by atoms with Crippen molar-refractivity contribution in [3.8, 4) is 0 Å². The second kappa shape index (κ2) is 6.97. The molecule has 2 aromatic rings. The van der Waals surface area contributed by atoms with Gasteiger partial charge in [-0.05, 0) is 31.0 Å². The van der Waals surface area contributed by atoms with Gasteiger partial charge in [0.25, 0.3) is 5.91 Å². The summed E-state index contributed by atoms with van der Waals surface area (Å²) in [4.78, 5) is 26.6. The Morgan fingerprint density at radius 2 is 1.62 bits per heavy atom. The maximum atomic E-state index is 12.9. The lowest BCUT2D eigenvalue weighted by molar-refractivity contribution is 0.0781. The highest BCUT2D eigenvalue weighted by atomic mass is 16.2. The number of rotatable bonds is 4. The number of hydrogen-bond donors (Lipinski definition) is 1. The zero-order valence-electron chi connectivity index (χ0n) is 13.8. The van der Waals surface area contributed by atoms with E-state index in [1.165, 1.54) is 12.5 Å². The summed E-state index contributed by atoms with van der Waals surface area (Å²) < 4.78 is 0. The molecule has 0 aromatic heterocycles. The molecule has 1 aliphatic heterocycles. The van der Waals surface area contributed by atoms with E-state index >= 15 is 0 Å². The van der Waals surface area contributed by atoms with Gasteiger partial charge in [-0.25, -0.2) is 0 Å². The highest BCUT2D eigenvalue weighted by molar-refractivity contribution is 6.07. The van der Waals surface area contributed by atoms with Gasteiger partial charge in [-0.2, -0.15) is 0 Å². The van der Waals surface area contributed by atoms with Crippen LogP contribution in [-0.2, 0) is 0 Å². The Hall–Kier alpha value is -2.46. The van der Waals surface area contributed by atoms with Crippen molar-refractivity contribution in [2.75, 3.05) is 19.6 Å². The van der Waals surface area contributed by atoms with Crippen molar-refractivity contribution in [3.63, 3.8) is 0 Å². The van der Waals surface area contributed by atoms with Crippen LogP contribution in [0.5, 0.6) is 0 Å². The van der Waals surface area contributed by atoms with Crippen molar-refractivity contribution in [2.24, 2.45) is 11.7 Å². The molecule has 1 amide bonds. The fourth-order valence-corrected chi connectivity index (χ4v) is 3.50. The summed E-state index contributed by atoms with van der Waals surface area (Å²) in [5.41, 5.74) is 8.12. The normalized spacial score (nSPS) is 20.2. The summed E-state index contributed by atoms with van der Waals surface area (Å²) in [5, 5.41) is 0. The summed E-state index contributed by atoms with van der Waals surface area (Å²) in [6.07, 6.45) is 0. The van der Waals surface area contributed by atoms with Gasteiger partial charge in [0.2, 0.25) is 0 Å². The summed E-state index contributed by atoms with van der Waals surface area (Å²) in [7, 11) is 0. The van der Waals surface area contributed by atoms with Crippen LogP contribution >= 0.6 is 0 Å². The quantitative estimate of drug-likeness (QED) is 0.880. The first-order valence-corrected chi connectivity index (χ1v) is 8.26. The van der Waals surface area contributed by atoms with Gasteiger partial charge < -0.3 is 10.6 Å². The van der Waals surface area contributed by atoms with Gasteiger partial charge in [-0.15, -0.1) is 0 Å². The van der Waals surface area contributed by atoms with Crippen LogP contribution in [0.3, 0.4) is 0 Å². The smallest absolute Gasteiger partial charge is 0.254 e. The van der Waals surface area contributed by atoms with Crippen LogP contribution in [-0.4, -0.2) is 36.2 Å². The van der Waals surface area contributed by atoms with Crippen molar-refractivity contribution in [3.05, 3.63) is 71.3 Å². The number of hydrogen-bond acceptors (Lipinski definition) is 3. The lowest BCUT2D eigenvalue weighted by atomic mass is 9.89. The lowest BCUT2D eigenvalue weighted by Crippen LogP contribution is -2.30. The molecular formula is C20H22N2O2. The Morgan fingerprint density at radius 3 is 2.25 bits per heavy atom. The topological polar surface area (TPSA) is 63.4 Å². The van der Waals surface area contributed by atoms with E-state index in [-0.39, 0.29) is 23.5 Å². The molecule has 1 aliphatic rings. The second-order valence-corrected chi connectivity index (χ2v) is 6.32. The molecule has 2 N–H and O–H groups in total. The number of Topliss-reactive ketones (excluding diaryl/α,β-unsaturated/α-hetero) is 1. The Morgan fingerprint density at radius 1 is 1.00 bits per heavy atom. The van der Waals surface area contributed by atoms with Gasteiger partial charge in [0.05, 0.1) is 5.56 Å². The number of likely N-dealkylation sites (tertiary alicyclic amines) is 1. The third-order valence-corrected chi connectivity index (χ3v) is 4.80. The fraction of sp³-hybridized carbons (Fsp3) is 0.300. The Labute approximate surface area is 142 Å². The molecule has 124 valence electrons. The molecule has 1 saturated heterocycles. The van der Waals surface area contributed by atoms with Crippen LogP contribution in [0.4, 0.5) is 0 Å². The predicted molar refractivity (Wildman–Crippen MR) is 94.1 cm³/mol. The summed E-state index contributed by atoms with van der Waals surface area (Å²) in [5.74, 6) is 0.302. The standard InChI is InChI=1S/C20H22N2O2/c1-14(23)17-9-5-6-10-18(17)20(24)22-12-16(11-21)19(13-22)15-7-3-2-4-8-15/h2-10,16,19H,11-13,21H2,1H3/t16-,19+/m1/s1. The van der Waals surface area contributed by atoms with Crippen molar-refractivity contribution in [1.29, 1.82) is 0 Å².